The van der Waals surface area contributed by atoms with Gasteiger partial charge < -0.3 is 10.1 Å². The number of hydrogen-bond donors (Lipinski definition) is 3. The number of phenolic OH excluding ortho intramolecular Hbond substituents is 1. The average molecular weight is 231 g/mol. The molecular weight excluding hydrogens is 222 g/mol. The van der Waals surface area contributed by atoms with Crippen molar-refractivity contribution in [2.24, 2.45) is 4.99 Å². The lowest BCUT2D eigenvalue weighted by atomic mass is 10.2. The van der Waals surface area contributed by atoms with Gasteiger partial charge in [0.05, 0.1) is 0 Å². The Kier molecular flexibility index (Phi) is 2.87. The van der Waals surface area contributed by atoms with Crippen LogP contribution in [0.15, 0.2) is 45.0 Å². The molecular formula is C11H9N3O3. The number of aliphatic imine (C=N–C) groups is 1. The molecule has 86 valence electrons. The summed E-state index contributed by atoms with van der Waals surface area (Å²) in [5, 5.41) is 9.22. The average Bonchev–Trinajstić information content (AvgIpc) is 2.28. The Morgan fingerprint density at radius 3 is 2.82 bits per heavy atom. The van der Waals surface area contributed by atoms with Gasteiger partial charge in [0.1, 0.15) is 11.4 Å². The predicted octanol–water partition coefficient (Wildman–Crippen LogP) is 0.519. The number of aromatic amines is 2. The van der Waals surface area contributed by atoms with Gasteiger partial charge in [0.15, 0.2) is 0 Å². The maximum atomic E-state index is 11.3. The van der Waals surface area contributed by atoms with Gasteiger partial charge in [-0.15, -0.1) is 0 Å². The summed E-state index contributed by atoms with van der Waals surface area (Å²) in [6.45, 7) is 0. The lowest BCUT2D eigenvalue weighted by molar-refractivity contribution is 0.475. The molecule has 2 rings (SSSR count). The number of rotatable bonds is 2. The van der Waals surface area contributed by atoms with Crippen molar-refractivity contribution >= 4 is 11.9 Å². The summed E-state index contributed by atoms with van der Waals surface area (Å²) in [6, 6.07) is 6.42. The van der Waals surface area contributed by atoms with Gasteiger partial charge in [0.25, 0.3) is 5.56 Å². The van der Waals surface area contributed by atoms with E-state index in [-0.39, 0.29) is 11.4 Å². The fourth-order valence-corrected chi connectivity index (χ4v) is 1.25. The molecule has 1 aromatic heterocycles. The maximum absolute atomic E-state index is 11.3. The summed E-state index contributed by atoms with van der Waals surface area (Å²) in [5.41, 5.74) is -0.403. The molecule has 0 bridgehead atoms. The zero-order valence-electron chi connectivity index (χ0n) is 8.68. The highest BCUT2D eigenvalue weighted by atomic mass is 16.3. The zero-order chi connectivity index (χ0) is 12.3. The minimum Gasteiger partial charge on any atom is -0.508 e. The van der Waals surface area contributed by atoms with E-state index in [0.29, 0.717) is 5.56 Å². The van der Waals surface area contributed by atoms with E-state index < -0.39 is 11.2 Å². The van der Waals surface area contributed by atoms with Crippen molar-refractivity contribution in [1.82, 2.24) is 9.97 Å². The van der Waals surface area contributed by atoms with Crippen LogP contribution in [-0.2, 0) is 0 Å². The third-order valence-electron chi connectivity index (χ3n) is 2.02. The number of H-pyrrole nitrogens is 2. The predicted molar refractivity (Wildman–Crippen MR) is 63.0 cm³/mol. The molecule has 1 heterocycles. The maximum Gasteiger partial charge on any atom is 0.325 e. The Hall–Kier alpha value is -2.63. The fourth-order valence-electron chi connectivity index (χ4n) is 1.25. The third kappa shape index (κ3) is 2.69. The van der Waals surface area contributed by atoms with Gasteiger partial charge in [0, 0.05) is 12.4 Å². The third-order valence-corrected chi connectivity index (χ3v) is 2.02. The van der Waals surface area contributed by atoms with Gasteiger partial charge in [-0.05, 0) is 17.7 Å². The van der Waals surface area contributed by atoms with E-state index in [2.05, 4.69) is 15.0 Å². The summed E-state index contributed by atoms with van der Waals surface area (Å²) < 4.78 is 0. The van der Waals surface area contributed by atoms with Crippen LogP contribution in [0, 0.1) is 0 Å². The van der Waals surface area contributed by atoms with Crippen LogP contribution in [0.5, 0.6) is 5.75 Å². The standard InChI is InChI=1S/C11H9N3O3/c15-8-3-1-2-7(4-8)5-12-9-6-13-11(17)14-10(9)16/h1-6,15H,(H2,13,14,16,17). The Morgan fingerprint density at radius 2 is 2.12 bits per heavy atom. The quantitative estimate of drug-likeness (QED) is 0.657. The first-order valence-corrected chi connectivity index (χ1v) is 4.80. The molecule has 1 aromatic carbocycles. The van der Waals surface area contributed by atoms with E-state index in [1.54, 1.807) is 12.1 Å². The minimum absolute atomic E-state index is 0.0907. The van der Waals surface area contributed by atoms with Gasteiger partial charge in [-0.2, -0.15) is 0 Å². The first-order chi connectivity index (χ1) is 8.15. The molecule has 0 fully saturated rings. The van der Waals surface area contributed by atoms with E-state index in [1.165, 1.54) is 24.5 Å². The molecule has 2 aromatic rings. The molecule has 0 spiro atoms. The van der Waals surface area contributed by atoms with Crippen molar-refractivity contribution in [3.05, 3.63) is 56.9 Å². The van der Waals surface area contributed by atoms with E-state index in [4.69, 9.17) is 0 Å². The lowest BCUT2D eigenvalue weighted by Gasteiger charge is -1.94. The normalized spacial score (nSPS) is 10.8. The Balaban J connectivity index is 2.32. The molecule has 0 atom stereocenters. The molecule has 6 heteroatoms. The van der Waals surface area contributed by atoms with E-state index in [1.807, 2.05) is 0 Å². The van der Waals surface area contributed by atoms with Gasteiger partial charge >= 0.3 is 5.69 Å². The number of nitrogens with one attached hydrogen (secondary N) is 2. The lowest BCUT2D eigenvalue weighted by Crippen LogP contribution is -2.20. The number of nitrogens with zero attached hydrogens (tertiary/aromatic N) is 1. The Bertz CT molecular complexity index is 670. The molecule has 17 heavy (non-hydrogen) atoms. The van der Waals surface area contributed by atoms with Crippen molar-refractivity contribution in [3.8, 4) is 5.75 Å². The molecule has 6 nitrogen and oxygen atoms in total. The van der Waals surface area contributed by atoms with Crippen molar-refractivity contribution < 1.29 is 5.11 Å². The number of aromatic nitrogens is 2. The van der Waals surface area contributed by atoms with Gasteiger partial charge in [-0.1, -0.05) is 12.1 Å². The highest BCUT2D eigenvalue weighted by Crippen LogP contribution is 2.09. The van der Waals surface area contributed by atoms with Crippen LogP contribution in [-0.4, -0.2) is 21.3 Å². The molecule has 3 N–H and O–H groups in total. The SMILES string of the molecule is O=c1[nH]cc(N=Cc2cccc(O)c2)c(=O)[nH]1. The van der Waals surface area contributed by atoms with Crippen LogP contribution in [0.2, 0.25) is 0 Å². The van der Waals surface area contributed by atoms with E-state index in [9.17, 15) is 14.7 Å². The molecule has 0 unspecified atom stereocenters. The van der Waals surface area contributed by atoms with Crippen LogP contribution < -0.4 is 11.2 Å². The van der Waals surface area contributed by atoms with Crippen molar-refractivity contribution in [1.29, 1.82) is 0 Å². The highest BCUT2D eigenvalue weighted by molar-refractivity contribution is 5.82. The second-order valence-electron chi connectivity index (χ2n) is 3.31. The number of hydrogen-bond acceptors (Lipinski definition) is 4. The molecule has 0 aliphatic carbocycles. The topological polar surface area (TPSA) is 98.3 Å². The molecule has 0 radical (unpaired) electrons. The second kappa shape index (κ2) is 4.48. The molecule has 0 saturated heterocycles. The zero-order valence-corrected chi connectivity index (χ0v) is 8.68. The highest BCUT2D eigenvalue weighted by Gasteiger charge is 1.96. The van der Waals surface area contributed by atoms with Crippen molar-refractivity contribution in [2.75, 3.05) is 0 Å². The van der Waals surface area contributed by atoms with Gasteiger partial charge in [-0.25, -0.2) is 9.79 Å². The van der Waals surface area contributed by atoms with E-state index >= 15 is 0 Å². The minimum atomic E-state index is -0.577. The summed E-state index contributed by atoms with van der Waals surface area (Å²) in [7, 11) is 0. The molecule has 0 saturated carbocycles. The monoisotopic (exact) mass is 231 g/mol. The summed E-state index contributed by atoms with van der Waals surface area (Å²) in [5.74, 6) is 0.115. The van der Waals surface area contributed by atoms with Crippen LogP contribution >= 0.6 is 0 Å². The first kappa shape index (κ1) is 10.9. The Labute approximate surface area is 95.3 Å². The van der Waals surface area contributed by atoms with Crippen LogP contribution in [0.3, 0.4) is 0 Å². The Morgan fingerprint density at radius 1 is 1.29 bits per heavy atom. The largest absolute Gasteiger partial charge is 0.508 e. The van der Waals surface area contributed by atoms with Crippen molar-refractivity contribution in [2.45, 2.75) is 0 Å². The second-order valence-corrected chi connectivity index (χ2v) is 3.31. The summed E-state index contributed by atoms with van der Waals surface area (Å²) in [6.07, 6.45) is 2.64. The number of phenols is 1. The van der Waals surface area contributed by atoms with E-state index in [0.717, 1.165) is 0 Å². The van der Waals surface area contributed by atoms with Crippen LogP contribution in [0.25, 0.3) is 0 Å². The molecule has 0 aliphatic heterocycles. The molecule has 0 aliphatic rings. The van der Waals surface area contributed by atoms with Crippen LogP contribution in [0.4, 0.5) is 5.69 Å². The van der Waals surface area contributed by atoms with Crippen molar-refractivity contribution in [3.63, 3.8) is 0 Å². The number of aromatic hydroxyl groups is 1. The number of benzene rings is 1. The van der Waals surface area contributed by atoms with Gasteiger partial charge in [-0.3, -0.25) is 9.78 Å². The summed E-state index contributed by atoms with van der Waals surface area (Å²) in [4.78, 5) is 30.3. The summed E-state index contributed by atoms with van der Waals surface area (Å²) >= 11 is 0. The smallest absolute Gasteiger partial charge is 0.325 e. The fraction of sp³-hybridized carbons (Fsp3) is 0. The molecule has 0 amide bonds. The van der Waals surface area contributed by atoms with Crippen LogP contribution in [0.1, 0.15) is 5.56 Å². The first-order valence-electron chi connectivity index (χ1n) is 4.80. The van der Waals surface area contributed by atoms with Gasteiger partial charge in [0.2, 0.25) is 0 Å².